The summed E-state index contributed by atoms with van der Waals surface area (Å²) >= 11 is 0. The summed E-state index contributed by atoms with van der Waals surface area (Å²) in [6.07, 6.45) is 6.54. The molecule has 1 aliphatic rings. The molecule has 1 saturated heterocycles. The van der Waals surface area contributed by atoms with Crippen LogP contribution in [0.1, 0.15) is 53.1 Å². The molecule has 0 spiro atoms. The summed E-state index contributed by atoms with van der Waals surface area (Å²) in [6.45, 7) is 6.38. The van der Waals surface area contributed by atoms with Crippen LogP contribution in [0.2, 0.25) is 0 Å². The van der Waals surface area contributed by atoms with Crippen LogP contribution < -0.4 is 5.32 Å². The molecule has 26 heavy (non-hydrogen) atoms. The van der Waals surface area contributed by atoms with Crippen LogP contribution in [0.4, 0.5) is 0 Å². The topological polar surface area (TPSA) is 80.9 Å². The highest BCUT2D eigenvalue weighted by molar-refractivity contribution is 5.91. The van der Waals surface area contributed by atoms with E-state index in [1.165, 1.54) is 19.3 Å². The average Bonchev–Trinajstić information content (AvgIpc) is 3.20. The van der Waals surface area contributed by atoms with Gasteiger partial charge in [0.25, 0.3) is 5.91 Å². The third-order valence-electron chi connectivity index (χ3n) is 5.28. The van der Waals surface area contributed by atoms with Gasteiger partial charge in [-0.3, -0.25) is 14.2 Å². The Kier molecular flexibility index (Phi) is 5.70. The zero-order valence-electron chi connectivity index (χ0n) is 16.2. The lowest BCUT2D eigenvalue weighted by molar-refractivity contribution is 0.0778. The Morgan fingerprint density at radius 2 is 2.19 bits per heavy atom. The molecule has 8 nitrogen and oxygen atoms in total. The van der Waals surface area contributed by atoms with Crippen LogP contribution in [0.3, 0.4) is 0 Å². The van der Waals surface area contributed by atoms with E-state index in [1.807, 2.05) is 25.6 Å². The lowest BCUT2D eigenvalue weighted by Crippen LogP contribution is -2.34. The lowest BCUT2D eigenvalue weighted by atomic mass is 10.0. The fourth-order valence-electron chi connectivity index (χ4n) is 3.51. The van der Waals surface area contributed by atoms with Crippen molar-refractivity contribution in [3.8, 4) is 0 Å². The Hall–Kier alpha value is -2.22. The fraction of sp³-hybridized carbons (Fsp3) is 0.667. The van der Waals surface area contributed by atoms with Crippen molar-refractivity contribution in [2.75, 3.05) is 13.6 Å². The molecule has 3 rings (SSSR count). The van der Waals surface area contributed by atoms with Crippen molar-refractivity contribution < 1.29 is 4.79 Å². The number of aromatic nitrogens is 5. The number of amides is 1. The van der Waals surface area contributed by atoms with Crippen LogP contribution in [0.15, 0.2) is 6.20 Å². The first kappa shape index (κ1) is 18.6. The highest BCUT2D eigenvalue weighted by Crippen LogP contribution is 2.15. The molecule has 0 aromatic carbocycles. The highest BCUT2D eigenvalue weighted by Gasteiger charge is 2.20. The van der Waals surface area contributed by atoms with Crippen LogP contribution in [0, 0.1) is 13.8 Å². The maximum atomic E-state index is 12.7. The normalized spacial score (nSPS) is 17.5. The number of carbonyl (C=O) groups is 1. The maximum absolute atomic E-state index is 12.7. The molecule has 0 saturated carbocycles. The van der Waals surface area contributed by atoms with Crippen molar-refractivity contribution in [2.24, 2.45) is 7.05 Å². The minimum atomic E-state index is -0.116. The van der Waals surface area contributed by atoms with Gasteiger partial charge in [-0.05, 0) is 39.7 Å². The van der Waals surface area contributed by atoms with Crippen LogP contribution >= 0.6 is 0 Å². The standard InChI is InChI=1S/C18H29N7O/c1-13-16(14(2)24(4)21-13)11-23(3)18(26)17-12-25(22-20-17)10-8-15-7-5-6-9-19-15/h12,15,19H,5-11H2,1-4H3. The molecule has 1 fully saturated rings. The van der Waals surface area contributed by atoms with Gasteiger partial charge in [0, 0.05) is 44.5 Å². The number of carbonyl (C=O) groups excluding carboxylic acids is 1. The van der Waals surface area contributed by atoms with Gasteiger partial charge in [-0.1, -0.05) is 11.6 Å². The predicted molar refractivity (Wildman–Crippen MR) is 98.8 cm³/mol. The Bertz CT molecular complexity index is 758. The zero-order chi connectivity index (χ0) is 18.7. The van der Waals surface area contributed by atoms with E-state index in [-0.39, 0.29) is 5.91 Å². The van der Waals surface area contributed by atoms with Gasteiger partial charge in [0.1, 0.15) is 0 Å². The first-order valence-electron chi connectivity index (χ1n) is 9.33. The van der Waals surface area contributed by atoms with E-state index < -0.39 is 0 Å². The summed E-state index contributed by atoms with van der Waals surface area (Å²) in [4.78, 5) is 14.3. The first-order chi connectivity index (χ1) is 12.5. The molecule has 142 valence electrons. The van der Waals surface area contributed by atoms with Crippen LogP contribution in [0.5, 0.6) is 0 Å². The minimum Gasteiger partial charge on any atom is -0.336 e. The number of rotatable bonds is 6. The van der Waals surface area contributed by atoms with Crippen molar-refractivity contribution in [1.29, 1.82) is 0 Å². The Balaban J connectivity index is 1.58. The van der Waals surface area contributed by atoms with Crippen LogP contribution in [0.25, 0.3) is 0 Å². The van der Waals surface area contributed by atoms with Crippen LogP contribution in [-0.4, -0.2) is 55.2 Å². The molecule has 2 aromatic heterocycles. The number of piperidine rings is 1. The third-order valence-corrected chi connectivity index (χ3v) is 5.28. The number of hydrogen-bond acceptors (Lipinski definition) is 5. The lowest BCUT2D eigenvalue weighted by Gasteiger charge is -2.23. The molecule has 3 heterocycles. The Morgan fingerprint density at radius 1 is 1.38 bits per heavy atom. The van der Waals surface area contributed by atoms with Gasteiger partial charge in [0.2, 0.25) is 0 Å². The molecular formula is C18H29N7O. The molecule has 1 N–H and O–H groups in total. The van der Waals surface area contributed by atoms with Crippen molar-refractivity contribution in [3.05, 3.63) is 28.8 Å². The monoisotopic (exact) mass is 359 g/mol. The van der Waals surface area contributed by atoms with Gasteiger partial charge in [-0.2, -0.15) is 5.10 Å². The SMILES string of the molecule is Cc1nn(C)c(C)c1CN(C)C(=O)c1cn(CCC2CCCCN2)nn1. The van der Waals surface area contributed by atoms with Crippen molar-refractivity contribution in [3.63, 3.8) is 0 Å². The minimum absolute atomic E-state index is 0.116. The Labute approximate surface area is 154 Å². The molecule has 8 heteroatoms. The van der Waals surface area contributed by atoms with Gasteiger partial charge in [0.05, 0.1) is 11.9 Å². The fourth-order valence-corrected chi connectivity index (χ4v) is 3.51. The van der Waals surface area contributed by atoms with E-state index in [0.717, 1.165) is 36.5 Å². The van der Waals surface area contributed by atoms with E-state index in [1.54, 1.807) is 22.8 Å². The predicted octanol–water partition coefficient (Wildman–Crippen LogP) is 1.43. The first-order valence-corrected chi connectivity index (χ1v) is 9.33. The van der Waals surface area contributed by atoms with Gasteiger partial charge in [-0.15, -0.1) is 5.10 Å². The average molecular weight is 359 g/mol. The van der Waals surface area contributed by atoms with E-state index in [4.69, 9.17) is 0 Å². The van der Waals surface area contributed by atoms with Gasteiger partial charge >= 0.3 is 0 Å². The van der Waals surface area contributed by atoms with E-state index in [9.17, 15) is 4.79 Å². The Morgan fingerprint density at radius 3 is 2.85 bits per heavy atom. The molecule has 1 amide bonds. The summed E-state index contributed by atoms with van der Waals surface area (Å²) in [5.74, 6) is -0.116. The van der Waals surface area contributed by atoms with Gasteiger partial charge < -0.3 is 10.2 Å². The van der Waals surface area contributed by atoms with E-state index >= 15 is 0 Å². The molecule has 0 aliphatic carbocycles. The van der Waals surface area contributed by atoms with Gasteiger partial charge in [-0.25, -0.2) is 0 Å². The number of hydrogen-bond donors (Lipinski definition) is 1. The summed E-state index contributed by atoms with van der Waals surface area (Å²) in [5.41, 5.74) is 3.50. The van der Waals surface area contributed by atoms with E-state index in [2.05, 4.69) is 20.7 Å². The molecule has 2 aromatic rings. The van der Waals surface area contributed by atoms with Crippen molar-refractivity contribution in [1.82, 2.24) is 35.0 Å². The molecule has 1 atom stereocenters. The number of aryl methyl sites for hydroxylation is 3. The maximum Gasteiger partial charge on any atom is 0.276 e. The summed E-state index contributed by atoms with van der Waals surface area (Å²) in [5, 5.41) is 16.1. The second kappa shape index (κ2) is 7.99. The summed E-state index contributed by atoms with van der Waals surface area (Å²) in [6, 6.07) is 0.548. The number of nitrogens with zero attached hydrogens (tertiary/aromatic N) is 6. The number of nitrogens with one attached hydrogen (secondary N) is 1. The summed E-state index contributed by atoms with van der Waals surface area (Å²) < 4.78 is 3.62. The van der Waals surface area contributed by atoms with Crippen LogP contribution in [-0.2, 0) is 20.1 Å². The quantitative estimate of drug-likeness (QED) is 0.844. The molecular weight excluding hydrogens is 330 g/mol. The highest BCUT2D eigenvalue weighted by atomic mass is 16.2. The third kappa shape index (κ3) is 4.12. The van der Waals surface area contributed by atoms with Gasteiger partial charge in [0.15, 0.2) is 5.69 Å². The second-order valence-corrected chi connectivity index (χ2v) is 7.24. The molecule has 0 radical (unpaired) electrons. The largest absolute Gasteiger partial charge is 0.336 e. The van der Waals surface area contributed by atoms with Crippen molar-refractivity contribution >= 4 is 5.91 Å². The smallest absolute Gasteiger partial charge is 0.276 e. The second-order valence-electron chi connectivity index (χ2n) is 7.24. The van der Waals surface area contributed by atoms with E-state index in [0.29, 0.717) is 18.3 Å². The molecule has 0 bridgehead atoms. The molecule has 1 unspecified atom stereocenters. The summed E-state index contributed by atoms with van der Waals surface area (Å²) in [7, 11) is 3.71. The molecule has 1 aliphatic heterocycles. The van der Waals surface area contributed by atoms with Crippen molar-refractivity contribution in [2.45, 2.75) is 58.7 Å². The zero-order valence-corrected chi connectivity index (χ0v) is 16.2.